The second-order valence-corrected chi connectivity index (χ2v) is 11.2. The Labute approximate surface area is 238 Å². The molecule has 1 atom stereocenters. The predicted octanol–water partition coefficient (Wildman–Crippen LogP) is 4.66. The molecule has 0 aromatic heterocycles. The molecular formula is C31H39N3O5S. The van der Waals surface area contributed by atoms with Crippen molar-refractivity contribution in [2.45, 2.75) is 51.0 Å². The minimum absolute atomic E-state index is 0.0512. The number of nitrogens with one attached hydrogen (secondary N) is 1. The average Bonchev–Trinajstić information content (AvgIpc) is 2.97. The molecule has 0 saturated carbocycles. The molecule has 3 rings (SSSR count). The van der Waals surface area contributed by atoms with Gasteiger partial charge in [-0.15, -0.1) is 0 Å². The first-order valence-corrected chi connectivity index (χ1v) is 15.1. The summed E-state index contributed by atoms with van der Waals surface area (Å²) in [6, 6.07) is 23.6. The van der Waals surface area contributed by atoms with Crippen molar-refractivity contribution in [2.75, 3.05) is 30.5 Å². The summed E-state index contributed by atoms with van der Waals surface area (Å²) in [6.07, 6.45) is 2.27. The second-order valence-electron chi connectivity index (χ2n) is 9.37. The van der Waals surface area contributed by atoms with Crippen LogP contribution in [0.2, 0.25) is 0 Å². The van der Waals surface area contributed by atoms with Crippen molar-refractivity contribution in [1.82, 2.24) is 10.2 Å². The number of hydrogen-bond acceptors (Lipinski definition) is 5. The SMILES string of the molecule is CCCCNC(=O)C(C)N(CCc1ccccc1)C(=O)CN(c1ccccc1OCC)S(=O)(=O)c1ccccc1. The lowest BCUT2D eigenvalue weighted by atomic mass is 10.1. The van der Waals surface area contributed by atoms with E-state index in [-0.39, 0.29) is 23.0 Å². The highest BCUT2D eigenvalue weighted by Crippen LogP contribution is 2.32. The number of anilines is 1. The third-order valence-electron chi connectivity index (χ3n) is 6.52. The first-order chi connectivity index (χ1) is 19.3. The third kappa shape index (κ3) is 8.08. The Morgan fingerprint density at radius 1 is 0.900 bits per heavy atom. The van der Waals surface area contributed by atoms with Crippen molar-refractivity contribution in [1.29, 1.82) is 0 Å². The molecule has 0 bridgehead atoms. The van der Waals surface area contributed by atoms with Gasteiger partial charge in [-0.25, -0.2) is 8.42 Å². The van der Waals surface area contributed by atoms with E-state index < -0.39 is 28.5 Å². The highest BCUT2D eigenvalue weighted by molar-refractivity contribution is 7.92. The molecule has 3 aromatic carbocycles. The van der Waals surface area contributed by atoms with Gasteiger partial charge in [-0.1, -0.05) is 74.0 Å². The fourth-order valence-electron chi connectivity index (χ4n) is 4.28. The zero-order valence-corrected chi connectivity index (χ0v) is 24.3. The van der Waals surface area contributed by atoms with Gasteiger partial charge < -0.3 is 15.0 Å². The molecule has 3 aromatic rings. The van der Waals surface area contributed by atoms with Gasteiger partial charge in [0.1, 0.15) is 18.3 Å². The van der Waals surface area contributed by atoms with E-state index in [1.165, 1.54) is 17.0 Å². The highest BCUT2D eigenvalue weighted by atomic mass is 32.2. The summed E-state index contributed by atoms with van der Waals surface area (Å²) < 4.78 is 34.7. The molecule has 0 aliphatic carbocycles. The van der Waals surface area contributed by atoms with Crippen molar-refractivity contribution in [3.8, 4) is 5.75 Å². The van der Waals surface area contributed by atoms with Crippen molar-refractivity contribution >= 4 is 27.5 Å². The second kappa shape index (κ2) is 15.1. The highest BCUT2D eigenvalue weighted by Gasteiger charge is 2.33. The van der Waals surface area contributed by atoms with E-state index in [4.69, 9.17) is 4.74 Å². The van der Waals surface area contributed by atoms with Crippen LogP contribution in [-0.2, 0) is 26.0 Å². The zero-order chi connectivity index (χ0) is 29.0. The number of carbonyl (C=O) groups excluding carboxylic acids is 2. The summed E-state index contributed by atoms with van der Waals surface area (Å²) >= 11 is 0. The fourth-order valence-corrected chi connectivity index (χ4v) is 5.73. The minimum Gasteiger partial charge on any atom is -0.492 e. The minimum atomic E-state index is -4.15. The Bertz CT molecular complexity index is 1330. The Balaban J connectivity index is 1.98. The number of sulfonamides is 1. The van der Waals surface area contributed by atoms with Gasteiger partial charge in [-0.2, -0.15) is 0 Å². The van der Waals surface area contributed by atoms with Crippen molar-refractivity contribution in [3.63, 3.8) is 0 Å². The topological polar surface area (TPSA) is 96.0 Å². The first-order valence-electron chi connectivity index (χ1n) is 13.7. The molecule has 214 valence electrons. The van der Waals surface area contributed by atoms with Crippen LogP contribution in [0, 0.1) is 0 Å². The van der Waals surface area contributed by atoms with Crippen molar-refractivity contribution in [2.24, 2.45) is 0 Å². The van der Waals surface area contributed by atoms with Crippen LogP contribution in [0.1, 0.15) is 39.2 Å². The van der Waals surface area contributed by atoms with Crippen LogP contribution in [-0.4, -0.2) is 57.4 Å². The summed E-state index contributed by atoms with van der Waals surface area (Å²) in [5.74, 6) is -0.416. The van der Waals surface area contributed by atoms with E-state index in [9.17, 15) is 18.0 Å². The lowest BCUT2D eigenvalue weighted by Gasteiger charge is -2.32. The number of para-hydroxylation sites is 2. The summed E-state index contributed by atoms with van der Waals surface area (Å²) in [4.78, 5) is 28.5. The number of carbonyl (C=O) groups is 2. The zero-order valence-electron chi connectivity index (χ0n) is 23.5. The molecule has 0 fully saturated rings. The van der Waals surface area contributed by atoms with E-state index in [1.807, 2.05) is 44.2 Å². The molecule has 1 unspecified atom stereocenters. The molecule has 9 heteroatoms. The van der Waals surface area contributed by atoms with Crippen LogP contribution in [0.5, 0.6) is 5.75 Å². The number of ether oxygens (including phenoxy) is 1. The Morgan fingerprint density at radius 3 is 2.17 bits per heavy atom. The fraction of sp³-hybridized carbons (Fsp3) is 0.355. The van der Waals surface area contributed by atoms with E-state index in [0.29, 0.717) is 25.3 Å². The van der Waals surface area contributed by atoms with Crippen molar-refractivity contribution in [3.05, 3.63) is 90.5 Å². The van der Waals surface area contributed by atoms with E-state index >= 15 is 0 Å². The van der Waals surface area contributed by atoms with Gasteiger partial charge in [0.2, 0.25) is 11.8 Å². The van der Waals surface area contributed by atoms with Gasteiger partial charge >= 0.3 is 0 Å². The molecule has 1 N–H and O–H groups in total. The number of hydrogen-bond donors (Lipinski definition) is 1. The van der Waals surface area contributed by atoms with Crippen LogP contribution < -0.4 is 14.4 Å². The van der Waals surface area contributed by atoms with Gasteiger partial charge in [-0.05, 0) is 56.5 Å². The first kappa shape index (κ1) is 30.7. The van der Waals surface area contributed by atoms with Gasteiger partial charge in [0.25, 0.3) is 10.0 Å². The number of rotatable bonds is 15. The van der Waals surface area contributed by atoms with Crippen molar-refractivity contribution < 1.29 is 22.7 Å². The molecule has 2 amide bonds. The van der Waals surface area contributed by atoms with Gasteiger partial charge in [0, 0.05) is 13.1 Å². The third-order valence-corrected chi connectivity index (χ3v) is 8.30. The smallest absolute Gasteiger partial charge is 0.264 e. The van der Waals surface area contributed by atoms with Crippen LogP contribution in [0.15, 0.2) is 89.8 Å². The number of benzene rings is 3. The average molecular weight is 566 g/mol. The quantitative estimate of drug-likeness (QED) is 0.271. The normalized spacial score (nSPS) is 11.9. The number of unbranched alkanes of at least 4 members (excludes halogenated alkanes) is 1. The lowest BCUT2D eigenvalue weighted by molar-refractivity contribution is -0.138. The molecule has 0 spiro atoms. The van der Waals surface area contributed by atoms with Crippen LogP contribution in [0.4, 0.5) is 5.69 Å². The summed E-state index contributed by atoms with van der Waals surface area (Å²) in [6.45, 7) is 6.10. The monoisotopic (exact) mass is 565 g/mol. The molecule has 0 aliphatic rings. The molecule has 0 heterocycles. The summed E-state index contributed by atoms with van der Waals surface area (Å²) in [7, 11) is -4.15. The largest absolute Gasteiger partial charge is 0.492 e. The molecular weight excluding hydrogens is 526 g/mol. The van der Waals surface area contributed by atoms with Crippen LogP contribution >= 0.6 is 0 Å². The molecule has 0 aliphatic heterocycles. The maximum Gasteiger partial charge on any atom is 0.264 e. The standard InChI is InChI=1S/C31H39N3O5S/c1-4-6-22-32-31(36)25(3)33(23-21-26-15-9-7-10-16-26)30(35)24-34(28-19-13-14-20-29(28)39-5-2)40(37,38)27-17-11-8-12-18-27/h7-20,25H,4-6,21-24H2,1-3H3,(H,32,36). The maximum absolute atomic E-state index is 14.0. The molecule has 0 saturated heterocycles. The van der Waals surface area contributed by atoms with Gasteiger partial charge in [0.05, 0.1) is 17.2 Å². The van der Waals surface area contributed by atoms with E-state index in [0.717, 1.165) is 22.7 Å². The van der Waals surface area contributed by atoms with E-state index in [2.05, 4.69) is 5.32 Å². The van der Waals surface area contributed by atoms with Crippen LogP contribution in [0.25, 0.3) is 0 Å². The Morgan fingerprint density at radius 2 is 1.52 bits per heavy atom. The molecule has 40 heavy (non-hydrogen) atoms. The Hall–Kier alpha value is -3.85. The maximum atomic E-state index is 14.0. The summed E-state index contributed by atoms with van der Waals surface area (Å²) in [5, 5.41) is 2.90. The number of nitrogens with zero attached hydrogens (tertiary/aromatic N) is 2. The van der Waals surface area contributed by atoms with Gasteiger partial charge in [0.15, 0.2) is 0 Å². The lowest BCUT2D eigenvalue weighted by Crippen LogP contribution is -2.52. The molecule has 0 radical (unpaired) electrons. The number of amides is 2. The summed E-state index contributed by atoms with van der Waals surface area (Å²) in [5.41, 5.74) is 1.26. The Kier molecular flexibility index (Phi) is 11.6. The van der Waals surface area contributed by atoms with Crippen LogP contribution in [0.3, 0.4) is 0 Å². The predicted molar refractivity (Wildman–Crippen MR) is 158 cm³/mol. The molecule has 8 nitrogen and oxygen atoms in total. The van der Waals surface area contributed by atoms with Gasteiger partial charge in [-0.3, -0.25) is 13.9 Å². The van der Waals surface area contributed by atoms with E-state index in [1.54, 1.807) is 49.4 Å².